The molecule has 0 saturated carbocycles. The lowest BCUT2D eigenvalue weighted by molar-refractivity contribution is -0.137. The normalized spacial score (nSPS) is 17.0. The van der Waals surface area contributed by atoms with Crippen molar-refractivity contribution in [1.29, 1.82) is 0 Å². The highest BCUT2D eigenvalue weighted by Crippen LogP contribution is 2.33. The zero-order valence-corrected chi connectivity index (χ0v) is 19.0. The molecule has 1 fully saturated rings. The minimum Gasteiger partial charge on any atom is -0.497 e. The van der Waals surface area contributed by atoms with Crippen LogP contribution in [-0.4, -0.2) is 74.7 Å². The molecule has 4 rings (SSSR count). The molecule has 174 valence electrons. The number of nitrogens with one attached hydrogen (secondary N) is 1. The third kappa shape index (κ3) is 5.02. The molecule has 1 saturated heterocycles. The van der Waals surface area contributed by atoms with E-state index in [1.807, 2.05) is 31.2 Å². The molecule has 2 aliphatic heterocycles. The second-order valence-corrected chi connectivity index (χ2v) is 7.75. The van der Waals surface area contributed by atoms with Crippen LogP contribution in [-0.2, 0) is 14.3 Å². The van der Waals surface area contributed by atoms with Crippen molar-refractivity contribution in [1.82, 2.24) is 9.80 Å². The Morgan fingerprint density at radius 1 is 0.970 bits per heavy atom. The van der Waals surface area contributed by atoms with Gasteiger partial charge in [0, 0.05) is 26.2 Å². The van der Waals surface area contributed by atoms with Gasteiger partial charge in [0.15, 0.2) is 0 Å². The SMILES string of the molecule is CCOc1ccccc1NC1=C(c2ccc(OC)cc2)C(=O)N(CCN2CCOCC2)C1=O. The number of ether oxygens (including phenoxy) is 3. The van der Waals surface area contributed by atoms with Crippen molar-refractivity contribution in [3.63, 3.8) is 0 Å². The van der Waals surface area contributed by atoms with Gasteiger partial charge in [0.1, 0.15) is 17.2 Å². The van der Waals surface area contributed by atoms with E-state index in [0.29, 0.717) is 61.2 Å². The number of benzene rings is 2. The molecule has 0 bridgehead atoms. The average molecular weight is 452 g/mol. The van der Waals surface area contributed by atoms with E-state index in [4.69, 9.17) is 14.2 Å². The number of methoxy groups -OCH3 is 1. The van der Waals surface area contributed by atoms with E-state index in [1.54, 1.807) is 31.4 Å². The largest absolute Gasteiger partial charge is 0.497 e. The number of anilines is 1. The van der Waals surface area contributed by atoms with Gasteiger partial charge in [-0.1, -0.05) is 24.3 Å². The van der Waals surface area contributed by atoms with Gasteiger partial charge >= 0.3 is 0 Å². The number of carbonyl (C=O) groups is 2. The Balaban J connectivity index is 1.65. The molecular formula is C25H29N3O5. The highest BCUT2D eigenvalue weighted by Gasteiger charge is 2.39. The summed E-state index contributed by atoms with van der Waals surface area (Å²) in [5, 5.41) is 3.20. The van der Waals surface area contributed by atoms with Crippen molar-refractivity contribution in [3.05, 3.63) is 59.8 Å². The fourth-order valence-corrected chi connectivity index (χ4v) is 3.97. The van der Waals surface area contributed by atoms with E-state index in [2.05, 4.69) is 10.2 Å². The third-order valence-corrected chi connectivity index (χ3v) is 5.74. The molecular weight excluding hydrogens is 422 g/mol. The van der Waals surface area contributed by atoms with Crippen molar-refractivity contribution in [2.45, 2.75) is 6.92 Å². The average Bonchev–Trinajstić information content (AvgIpc) is 3.08. The van der Waals surface area contributed by atoms with Gasteiger partial charge in [-0.05, 0) is 36.8 Å². The van der Waals surface area contributed by atoms with Crippen LogP contribution < -0.4 is 14.8 Å². The van der Waals surface area contributed by atoms with E-state index in [1.165, 1.54) is 4.90 Å². The number of amides is 2. The number of carbonyl (C=O) groups excluding carboxylic acids is 2. The lowest BCUT2D eigenvalue weighted by Crippen LogP contribution is -2.43. The highest BCUT2D eigenvalue weighted by atomic mass is 16.5. The summed E-state index contributed by atoms with van der Waals surface area (Å²) in [7, 11) is 1.59. The molecule has 2 aromatic carbocycles. The van der Waals surface area contributed by atoms with Crippen molar-refractivity contribution in [2.24, 2.45) is 0 Å². The summed E-state index contributed by atoms with van der Waals surface area (Å²) in [6, 6.07) is 14.5. The summed E-state index contributed by atoms with van der Waals surface area (Å²) >= 11 is 0. The van der Waals surface area contributed by atoms with Gasteiger partial charge in [0.25, 0.3) is 11.8 Å². The van der Waals surface area contributed by atoms with Crippen LogP contribution in [0.3, 0.4) is 0 Å². The van der Waals surface area contributed by atoms with Gasteiger partial charge in [-0.15, -0.1) is 0 Å². The first kappa shape index (κ1) is 22.8. The van der Waals surface area contributed by atoms with Crippen molar-refractivity contribution >= 4 is 23.1 Å². The molecule has 0 aliphatic carbocycles. The van der Waals surface area contributed by atoms with Crippen molar-refractivity contribution < 1.29 is 23.8 Å². The fourth-order valence-electron chi connectivity index (χ4n) is 3.97. The van der Waals surface area contributed by atoms with E-state index >= 15 is 0 Å². The molecule has 8 nitrogen and oxygen atoms in total. The summed E-state index contributed by atoms with van der Waals surface area (Å²) in [5.41, 5.74) is 1.88. The predicted molar refractivity (Wildman–Crippen MR) is 125 cm³/mol. The van der Waals surface area contributed by atoms with Crippen LogP contribution in [0.2, 0.25) is 0 Å². The molecule has 0 unspecified atom stereocenters. The van der Waals surface area contributed by atoms with Gasteiger partial charge in [-0.25, -0.2) is 0 Å². The number of rotatable bonds is 9. The minimum absolute atomic E-state index is 0.249. The molecule has 0 spiro atoms. The van der Waals surface area contributed by atoms with Gasteiger partial charge < -0.3 is 19.5 Å². The summed E-state index contributed by atoms with van der Waals surface area (Å²) in [6.45, 7) is 6.23. The maximum atomic E-state index is 13.5. The Morgan fingerprint density at radius 3 is 2.39 bits per heavy atom. The van der Waals surface area contributed by atoms with Crippen LogP contribution in [0.5, 0.6) is 11.5 Å². The molecule has 2 aromatic rings. The fraction of sp³-hybridized carbons (Fsp3) is 0.360. The Hall–Kier alpha value is -3.36. The summed E-state index contributed by atoms with van der Waals surface area (Å²) in [5.74, 6) is 0.644. The second-order valence-electron chi connectivity index (χ2n) is 7.75. The van der Waals surface area contributed by atoms with E-state index in [0.717, 1.165) is 13.1 Å². The zero-order chi connectivity index (χ0) is 23.2. The Morgan fingerprint density at radius 2 is 1.70 bits per heavy atom. The maximum Gasteiger partial charge on any atom is 0.278 e. The van der Waals surface area contributed by atoms with Crippen LogP contribution >= 0.6 is 0 Å². The summed E-state index contributed by atoms with van der Waals surface area (Å²) in [4.78, 5) is 30.4. The number of morpholine rings is 1. The molecule has 2 amide bonds. The zero-order valence-electron chi connectivity index (χ0n) is 19.0. The van der Waals surface area contributed by atoms with E-state index < -0.39 is 0 Å². The van der Waals surface area contributed by atoms with Crippen molar-refractivity contribution in [2.75, 3.05) is 58.4 Å². The minimum atomic E-state index is -0.342. The second kappa shape index (κ2) is 10.5. The lowest BCUT2D eigenvalue weighted by atomic mass is 10.0. The monoisotopic (exact) mass is 451 g/mol. The van der Waals surface area contributed by atoms with Gasteiger partial charge in [-0.2, -0.15) is 0 Å². The number of para-hydroxylation sites is 2. The Bertz CT molecular complexity index is 1030. The van der Waals surface area contributed by atoms with Gasteiger partial charge in [-0.3, -0.25) is 19.4 Å². The van der Waals surface area contributed by atoms with Gasteiger partial charge in [0.05, 0.1) is 38.2 Å². The lowest BCUT2D eigenvalue weighted by Gasteiger charge is -2.28. The number of hydrogen-bond donors (Lipinski definition) is 1. The van der Waals surface area contributed by atoms with Gasteiger partial charge in [0.2, 0.25) is 0 Å². The first-order valence-corrected chi connectivity index (χ1v) is 11.2. The molecule has 2 heterocycles. The molecule has 0 atom stereocenters. The molecule has 0 aromatic heterocycles. The third-order valence-electron chi connectivity index (χ3n) is 5.74. The quantitative estimate of drug-likeness (QED) is 0.587. The maximum absolute atomic E-state index is 13.5. The smallest absolute Gasteiger partial charge is 0.278 e. The number of hydrogen-bond acceptors (Lipinski definition) is 7. The first-order valence-electron chi connectivity index (χ1n) is 11.2. The highest BCUT2D eigenvalue weighted by molar-refractivity contribution is 6.36. The summed E-state index contributed by atoms with van der Waals surface area (Å²) < 4.78 is 16.3. The molecule has 0 radical (unpaired) electrons. The number of imide groups is 1. The van der Waals surface area contributed by atoms with Crippen LogP contribution in [0.1, 0.15) is 12.5 Å². The Kier molecular flexibility index (Phi) is 7.26. The molecule has 2 aliphatic rings. The van der Waals surface area contributed by atoms with E-state index in [-0.39, 0.29) is 17.5 Å². The predicted octanol–water partition coefficient (Wildman–Crippen LogP) is 2.62. The standard InChI is InChI=1S/C25H29N3O5/c1-3-33-21-7-5-4-6-20(21)26-23-22(18-8-10-19(31-2)11-9-18)24(29)28(25(23)30)13-12-27-14-16-32-17-15-27/h4-11,26H,3,12-17H2,1-2H3. The van der Waals surface area contributed by atoms with Crippen LogP contribution in [0.15, 0.2) is 54.2 Å². The summed E-state index contributed by atoms with van der Waals surface area (Å²) in [6.07, 6.45) is 0. The van der Waals surface area contributed by atoms with Crippen LogP contribution in [0.25, 0.3) is 5.57 Å². The topological polar surface area (TPSA) is 80.3 Å². The van der Waals surface area contributed by atoms with E-state index in [9.17, 15) is 9.59 Å². The van der Waals surface area contributed by atoms with Crippen LogP contribution in [0.4, 0.5) is 5.69 Å². The number of nitrogens with zero attached hydrogens (tertiary/aromatic N) is 2. The molecule has 33 heavy (non-hydrogen) atoms. The molecule has 8 heteroatoms. The Labute approximate surface area is 193 Å². The molecule has 1 N–H and O–H groups in total. The van der Waals surface area contributed by atoms with Crippen molar-refractivity contribution in [3.8, 4) is 11.5 Å². The first-order chi connectivity index (χ1) is 16.1. The van der Waals surface area contributed by atoms with Crippen LogP contribution in [0, 0.1) is 0 Å².